The molecule has 2 aromatic carbocycles. The van der Waals surface area contributed by atoms with E-state index in [1.165, 1.54) is 20.4 Å². The molecule has 0 unspecified atom stereocenters. The van der Waals surface area contributed by atoms with Gasteiger partial charge >= 0.3 is 0 Å². The van der Waals surface area contributed by atoms with Crippen molar-refractivity contribution in [3.63, 3.8) is 0 Å². The second-order valence-corrected chi connectivity index (χ2v) is 4.92. The molecule has 0 aromatic heterocycles. The molecule has 120 valence electrons. The summed E-state index contributed by atoms with van der Waals surface area (Å²) in [4.78, 5) is 12.0. The van der Waals surface area contributed by atoms with Crippen molar-refractivity contribution in [1.82, 2.24) is 5.43 Å². The maximum absolute atomic E-state index is 12.0. The van der Waals surface area contributed by atoms with Gasteiger partial charge in [-0.1, -0.05) is 23.7 Å². The Balaban J connectivity index is 2.16. The number of anilines is 1. The van der Waals surface area contributed by atoms with Crippen LogP contribution in [0, 0.1) is 0 Å². The third-order valence-corrected chi connectivity index (χ3v) is 3.37. The number of nitrogens with one attached hydrogen (secondary N) is 1. The smallest absolute Gasteiger partial charge is 0.273 e. The van der Waals surface area contributed by atoms with Gasteiger partial charge in [0, 0.05) is 17.3 Å². The van der Waals surface area contributed by atoms with E-state index >= 15 is 0 Å². The lowest BCUT2D eigenvalue weighted by Gasteiger charge is -2.09. The summed E-state index contributed by atoms with van der Waals surface area (Å²) in [6, 6.07) is 10.0. The number of rotatable bonds is 5. The van der Waals surface area contributed by atoms with Gasteiger partial charge in [0.1, 0.15) is 11.5 Å². The number of hydrogen-bond donors (Lipinski definition) is 2. The monoisotopic (exact) mass is 333 g/mol. The summed E-state index contributed by atoms with van der Waals surface area (Å²) >= 11 is 6.07. The summed E-state index contributed by atoms with van der Waals surface area (Å²) < 4.78 is 10.4. The van der Waals surface area contributed by atoms with Crippen LogP contribution in [0.5, 0.6) is 11.5 Å². The molecule has 2 aromatic rings. The molecule has 0 aliphatic heterocycles. The second-order valence-electron chi connectivity index (χ2n) is 4.52. The normalized spacial score (nSPS) is 10.6. The molecule has 0 radical (unpaired) electrons. The number of nitrogens with two attached hydrogens (primary N) is 1. The molecule has 1 amide bonds. The van der Waals surface area contributed by atoms with Gasteiger partial charge in [-0.3, -0.25) is 4.79 Å². The van der Waals surface area contributed by atoms with E-state index in [9.17, 15) is 4.79 Å². The van der Waals surface area contributed by atoms with Crippen LogP contribution in [-0.2, 0) is 0 Å². The van der Waals surface area contributed by atoms with Crippen molar-refractivity contribution in [2.45, 2.75) is 0 Å². The van der Waals surface area contributed by atoms with Crippen molar-refractivity contribution in [2.75, 3.05) is 20.0 Å². The molecule has 23 heavy (non-hydrogen) atoms. The fourth-order valence-electron chi connectivity index (χ4n) is 1.91. The quantitative estimate of drug-likeness (QED) is 0.500. The van der Waals surface area contributed by atoms with E-state index in [0.717, 1.165) is 0 Å². The summed E-state index contributed by atoms with van der Waals surface area (Å²) in [7, 11) is 3.03. The molecule has 0 saturated carbocycles. The van der Waals surface area contributed by atoms with E-state index in [-0.39, 0.29) is 0 Å². The van der Waals surface area contributed by atoms with Gasteiger partial charge in [-0.05, 0) is 18.2 Å². The molecule has 0 aliphatic carbocycles. The molecule has 0 bridgehead atoms. The zero-order valence-electron chi connectivity index (χ0n) is 12.7. The highest BCUT2D eigenvalue weighted by Gasteiger charge is 2.10. The number of carbonyl (C=O) groups excluding carboxylic acids is 1. The van der Waals surface area contributed by atoms with Gasteiger partial charge in [0.25, 0.3) is 5.91 Å². The number of para-hydroxylation sites is 1. The van der Waals surface area contributed by atoms with Crippen LogP contribution in [0.1, 0.15) is 15.9 Å². The van der Waals surface area contributed by atoms with Gasteiger partial charge in [-0.2, -0.15) is 5.10 Å². The van der Waals surface area contributed by atoms with E-state index in [1.807, 2.05) is 0 Å². The third-order valence-electron chi connectivity index (χ3n) is 3.08. The molecule has 0 saturated heterocycles. The van der Waals surface area contributed by atoms with Crippen LogP contribution < -0.4 is 20.6 Å². The fourth-order valence-corrected chi connectivity index (χ4v) is 2.16. The van der Waals surface area contributed by atoms with E-state index in [2.05, 4.69) is 10.5 Å². The highest BCUT2D eigenvalue weighted by molar-refractivity contribution is 6.32. The second kappa shape index (κ2) is 7.51. The summed E-state index contributed by atoms with van der Waals surface area (Å²) in [5, 5.41) is 4.32. The van der Waals surface area contributed by atoms with Crippen LogP contribution in [0.3, 0.4) is 0 Å². The number of hydrogen-bond acceptors (Lipinski definition) is 5. The zero-order valence-corrected chi connectivity index (χ0v) is 13.4. The van der Waals surface area contributed by atoms with Crippen molar-refractivity contribution < 1.29 is 14.3 Å². The molecule has 0 atom stereocenters. The summed E-state index contributed by atoms with van der Waals surface area (Å²) in [5.74, 6) is 0.600. The van der Waals surface area contributed by atoms with Crippen molar-refractivity contribution in [3.8, 4) is 11.5 Å². The highest BCUT2D eigenvalue weighted by Crippen LogP contribution is 2.31. The molecule has 0 heterocycles. The number of nitrogen functional groups attached to an aromatic ring is 1. The van der Waals surface area contributed by atoms with E-state index in [0.29, 0.717) is 33.3 Å². The minimum Gasteiger partial charge on any atom is -0.496 e. The number of hydrazone groups is 1. The summed E-state index contributed by atoms with van der Waals surface area (Å²) in [5.41, 5.74) is 9.47. The number of halogens is 1. The number of methoxy groups -OCH3 is 2. The van der Waals surface area contributed by atoms with Crippen molar-refractivity contribution in [3.05, 3.63) is 52.5 Å². The minimum absolute atomic E-state index is 0.351. The first-order valence-electron chi connectivity index (χ1n) is 6.66. The first kappa shape index (κ1) is 16.6. The molecule has 0 spiro atoms. The first-order chi connectivity index (χ1) is 11.1. The Morgan fingerprint density at radius 3 is 2.57 bits per heavy atom. The summed E-state index contributed by atoms with van der Waals surface area (Å²) in [6.07, 6.45) is 1.43. The lowest BCUT2D eigenvalue weighted by atomic mass is 10.2. The molecular weight excluding hydrogens is 318 g/mol. The van der Waals surface area contributed by atoms with Crippen LogP contribution in [-0.4, -0.2) is 26.3 Å². The van der Waals surface area contributed by atoms with Crippen molar-refractivity contribution >= 4 is 29.4 Å². The largest absolute Gasteiger partial charge is 0.496 e. The van der Waals surface area contributed by atoms with E-state index < -0.39 is 5.91 Å². The Morgan fingerprint density at radius 1 is 1.22 bits per heavy atom. The third kappa shape index (κ3) is 3.92. The Morgan fingerprint density at radius 2 is 1.91 bits per heavy atom. The van der Waals surface area contributed by atoms with Crippen LogP contribution in [0.25, 0.3) is 0 Å². The number of amides is 1. The van der Waals surface area contributed by atoms with Gasteiger partial charge in [0.2, 0.25) is 0 Å². The first-order valence-corrected chi connectivity index (χ1v) is 7.04. The molecule has 0 fully saturated rings. The molecule has 2 rings (SSSR count). The standard InChI is InChI=1S/C16H16ClN3O3/c1-22-14-8-15(23-2)12(17)7-10(14)9-19-20-16(21)11-5-3-4-6-13(11)18/h3-9H,18H2,1-2H3,(H,20,21)/b19-9-. The minimum atomic E-state index is -0.405. The lowest BCUT2D eigenvalue weighted by Crippen LogP contribution is -2.19. The van der Waals surface area contributed by atoms with Crippen LogP contribution in [0.4, 0.5) is 5.69 Å². The predicted octanol–water partition coefficient (Wildman–Crippen LogP) is 2.70. The SMILES string of the molecule is COc1cc(OC)c(/C=N\NC(=O)c2ccccc2N)cc1Cl. The Hall–Kier alpha value is -2.73. The Bertz CT molecular complexity index is 747. The molecule has 6 nitrogen and oxygen atoms in total. The Kier molecular flexibility index (Phi) is 5.43. The number of carbonyl (C=O) groups is 1. The lowest BCUT2D eigenvalue weighted by molar-refractivity contribution is 0.0956. The average Bonchev–Trinajstić information content (AvgIpc) is 2.55. The highest BCUT2D eigenvalue weighted by atomic mass is 35.5. The summed E-state index contributed by atoms with van der Waals surface area (Å²) in [6.45, 7) is 0. The average molecular weight is 334 g/mol. The van der Waals surface area contributed by atoms with Gasteiger partial charge in [0.15, 0.2) is 0 Å². The van der Waals surface area contributed by atoms with Crippen LogP contribution in [0.2, 0.25) is 5.02 Å². The molecule has 3 N–H and O–H groups in total. The fraction of sp³-hybridized carbons (Fsp3) is 0.125. The van der Waals surface area contributed by atoms with Crippen molar-refractivity contribution in [2.24, 2.45) is 5.10 Å². The topological polar surface area (TPSA) is 85.9 Å². The van der Waals surface area contributed by atoms with E-state index in [1.54, 1.807) is 36.4 Å². The molecule has 7 heteroatoms. The number of nitrogens with zero attached hydrogens (tertiary/aromatic N) is 1. The predicted molar refractivity (Wildman–Crippen MR) is 90.5 cm³/mol. The van der Waals surface area contributed by atoms with Gasteiger partial charge in [-0.15, -0.1) is 0 Å². The van der Waals surface area contributed by atoms with Crippen LogP contribution in [0.15, 0.2) is 41.5 Å². The van der Waals surface area contributed by atoms with Gasteiger partial charge < -0.3 is 15.2 Å². The number of ether oxygens (including phenoxy) is 2. The van der Waals surface area contributed by atoms with Gasteiger partial charge in [-0.25, -0.2) is 5.43 Å². The maximum Gasteiger partial charge on any atom is 0.273 e. The maximum atomic E-state index is 12.0. The zero-order chi connectivity index (χ0) is 16.8. The molecular formula is C16H16ClN3O3. The Labute approximate surface area is 138 Å². The number of benzene rings is 2. The van der Waals surface area contributed by atoms with Crippen molar-refractivity contribution in [1.29, 1.82) is 0 Å². The van der Waals surface area contributed by atoms with Crippen LogP contribution >= 0.6 is 11.6 Å². The van der Waals surface area contributed by atoms with E-state index in [4.69, 9.17) is 26.8 Å². The molecule has 0 aliphatic rings. The van der Waals surface area contributed by atoms with Gasteiger partial charge in [0.05, 0.1) is 31.0 Å².